The summed E-state index contributed by atoms with van der Waals surface area (Å²) in [5.74, 6) is -3.28. The number of fused-ring (bicyclic) bond motifs is 2. The van der Waals surface area contributed by atoms with E-state index in [1.807, 2.05) is 34.6 Å². The maximum absolute atomic E-state index is 15.2. The van der Waals surface area contributed by atoms with Crippen LogP contribution in [0.25, 0.3) is 5.76 Å². The van der Waals surface area contributed by atoms with Gasteiger partial charge >= 0.3 is 0 Å². The molecule has 5 atom stereocenters. The highest BCUT2D eigenvalue weighted by Gasteiger charge is 2.74. The maximum Gasteiger partial charge on any atom is 0.184 e. The molecule has 3 fully saturated rings. The average Bonchev–Trinajstić information content (AvgIpc) is 2.95. The third-order valence-electron chi connectivity index (χ3n) is 11.6. The normalized spacial score (nSPS) is 32.2. The van der Waals surface area contributed by atoms with Crippen molar-refractivity contribution in [1.29, 1.82) is 0 Å². The van der Waals surface area contributed by atoms with Crippen LogP contribution in [0.15, 0.2) is 59.7 Å². The van der Waals surface area contributed by atoms with Gasteiger partial charge in [-0.25, -0.2) is 0 Å². The van der Waals surface area contributed by atoms with Crippen LogP contribution in [-0.2, 0) is 14.4 Å². The zero-order valence-corrected chi connectivity index (χ0v) is 28.0. The number of aromatic hydroxyl groups is 2. The fourth-order valence-electron chi connectivity index (χ4n) is 8.31. The number of Topliss-reactive ketones (excluding diaryl/α,β-unsaturated/α-hetero) is 3. The first-order valence-electron chi connectivity index (χ1n) is 16.0. The average molecular weight is 619 g/mol. The van der Waals surface area contributed by atoms with Gasteiger partial charge in [0.05, 0.1) is 12.0 Å². The molecule has 1 aromatic carbocycles. The van der Waals surface area contributed by atoms with Gasteiger partial charge in [-0.05, 0) is 92.2 Å². The second kappa shape index (κ2) is 11.7. The van der Waals surface area contributed by atoms with E-state index in [-0.39, 0.29) is 60.5 Å². The summed E-state index contributed by atoms with van der Waals surface area (Å²) < 4.78 is 0. The molecule has 0 saturated heterocycles. The van der Waals surface area contributed by atoms with E-state index >= 15 is 4.79 Å². The number of ketones is 3. The van der Waals surface area contributed by atoms with Crippen molar-refractivity contribution in [2.24, 2.45) is 45.3 Å². The van der Waals surface area contributed by atoms with Crippen molar-refractivity contribution in [1.82, 2.24) is 0 Å². The van der Waals surface area contributed by atoms with E-state index in [0.717, 1.165) is 18.1 Å². The van der Waals surface area contributed by atoms with E-state index in [1.54, 1.807) is 13.0 Å². The molecule has 4 N–H and O–H groups in total. The maximum atomic E-state index is 15.2. The van der Waals surface area contributed by atoms with Gasteiger partial charge in [0, 0.05) is 5.56 Å². The summed E-state index contributed by atoms with van der Waals surface area (Å²) in [5, 5.41) is 41.6. The second-order valence-corrected chi connectivity index (χ2v) is 15.3. The number of allylic oxidation sites excluding steroid dienone is 5. The molecule has 0 unspecified atom stereocenters. The second-order valence-electron chi connectivity index (χ2n) is 15.3. The lowest BCUT2D eigenvalue weighted by molar-refractivity contribution is -0.178. The van der Waals surface area contributed by atoms with Crippen LogP contribution in [0.5, 0.6) is 11.5 Å². The van der Waals surface area contributed by atoms with Crippen molar-refractivity contribution < 1.29 is 34.8 Å². The predicted octanol–water partition coefficient (Wildman–Crippen LogP) is 7.28. The van der Waals surface area contributed by atoms with E-state index in [4.69, 9.17) is 0 Å². The highest BCUT2D eigenvalue weighted by Crippen LogP contribution is 2.68. The van der Waals surface area contributed by atoms with Crippen LogP contribution in [0.4, 0.5) is 0 Å². The Hall–Kier alpha value is -3.45. The smallest absolute Gasteiger partial charge is 0.184 e. The lowest BCUT2D eigenvalue weighted by Gasteiger charge is -2.62. The van der Waals surface area contributed by atoms with Crippen molar-refractivity contribution in [3.63, 3.8) is 0 Å². The van der Waals surface area contributed by atoms with Gasteiger partial charge in [-0.15, -0.1) is 0 Å². The minimum atomic E-state index is -1.72. The predicted molar refractivity (Wildman–Crippen MR) is 175 cm³/mol. The van der Waals surface area contributed by atoms with E-state index in [1.165, 1.54) is 12.1 Å². The summed E-state index contributed by atoms with van der Waals surface area (Å²) in [4.78, 5) is 45.1. The summed E-state index contributed by atoms with van der Waals surface area (Å²) in [7, 11) is 0. The Morgan fingerprint density at radius 1 is 1.04 bits per heavy atom. The number of carbonyl (C=O) groups is 3. The molecule has 7 heteroatoms. The highest BCUT2D eigenvalue weighted by molar-refractivity contribution is 6.41. The summed E-state index contributed by atoms with van der Waals surface area (Å²) in [6.45, 7) is 19.8. The summed E-state index contributed by atoms with van der Waals surface area (Å²) in [5.41, 5.74) is -3.32. The first-order valence-corrected chi connectivity index (χ1v) is 16.0. The van der Waals surface area contributed by atoms with Crippen LogP contribution < -0.4 is 0 Å². The molecule has 0 radical (unpaired) electrons. The van der Waals surface area contributed by atoms with Gasteiger partial charge in [0.25, 0.3) is 0 Å². The molecule has 3 aliphatic carbocycles. The Morgan fingerprint density at radius 3 is 2.22 bits per heavy atom. The molecule has 7 nitrogen and oxygen atoms in total. The molecule has 0 aliphatic heterocycles. The molecule has 0 amide bonds. The van der Waals surface area contributed by atoms with E-state index in [0.29, 0.717) is 5.57 Å². The standard InChI is InChI=1S/C38H50O7/c1-21(2)10-12-25-18-37(19-26-17-27(22(3)4)35(26,6)7)32(43)30(31(42)24-11-13-28(40)29(41)16-24)33(44)38(34(37)45,36(25,8)9)15-14-23(5)20-39/h10-14,16,21,25-27,39-42H,3,15,17-20H2,1-2,4-9H3/b12-10+,23-14+,31-30+/t25-,26+,27-,37-,38-/m1/s1. The number of aliphatic hydroxyl groups is 2. The number of phenolic OH excluding ortho intramolecular Hbond substituents is 2. The van der Waals surface area contributed by atoms with Crippen molar-refractivity contribution in [3.05, 3.63) is 65.3 Å². The molecular weight excluding hydrogens is 568 g/mol. The van der Waals surface area contributed by atoms with Gasteiger partial charge in [0.15, 0.2) is 28.8 Å². The number of aliphatic hydroxyl groups excluding tert-OH is 2. The molecule has 4 rings (SSSR count). The number of hydrogen-bond donors (Lipinski definition) is 4. The minimum absolute atomic E-state index is 0.00947. The van der Waals surface area contributed by atoms with Gasteiger partial charge in [-0.3, -0.25) is 14.4 Å². The number of rotatable bonds is 9. The van der Waals surface area contributed by atoms with Crippen LogP contribution in [0.3, 0.4) is 0 Å². The fraction of sp³-hybridized carbons (Fsp3) is 0.553. The lowest BCUT2D eigenvalue weighted by Crippen LogP contribution is -2.70. The third-order valence-corrected chi connectivity index (χ3v) is 11.6. The monoisotopic (exact) mass is 618 g/mol. The largest absolute Gasteiger partial charge is 0.506 e. The summed E-state index contributed by atoms with van der Waals surface area (Å²) >= 11 is 0. The van der Waals surface area contributed by atoms with Crippen LogP contribution >= 0.6 is 0 Å². The highest BCUT2D eigenvalue weighted by atomic mass is 16.3. The van der Waals surface area contributed by atoms with Gasteiger partial charge in [-0.2, -0.15) is 0 Å². The van der Waals surface area contributed by atoms with Crippen molar-refractivity contribution >= 4 is 23.1 Å². The van der Waals surface area contributed by atoms with Crippen molar-refractivity contribution in [2.45, 2.75) is 81.1 Å². The molecule has 0 heterocycles. The molecule has 0 aromatic heterocycles. The fourth-order valence-corrected chi connectivity index (χ4v) is 8.31. The number of benzene rings is 1. The van der Waals surface area contributed by atoms with E-state index < -0.39 is 56.4 Å². The quantitative estimate of drug-likeness (QED) is 0.0571. The molecule has 2 bridgehead atoms. The Morgan fingerprint density at radius 2 is 1.69 bits per heavy atom. The molecule has 1 aromatic rings. The lowest BCUT2D eigenvalue weighted by atomic mass is 9.37. The molecule has 0 spiro atoms. The van der Waals surface area contributed by atoms with Crippen LogP contribution in [0.2, 0.25) is 0 Å². The molecule has 244 valence electrons. The number of phenols is 2. The Bertz CT molecular complexity index is 1520. The third kappa shape index (κ3) is 5.21. The van der Waals surface area contributed by atoms with Gasteiger partial charge < -0.3 is 20.4 Å². The van der Waals surface area contributed by atoms with Crippen LogP contribution in [0.1, 0.15) is 86.6 Å². The minimum Gasteiger partial charge on any atom is -0.506 e. The van der Waals surface area contributed by atoms with Crippen LogP contribution in [-0.4, -0.2) is 44.4 Å². The van der Waals surface area contributed by atoms with Crippen LogP contribution in [0, 0.1) is 45.3 Å². The van der Waals surface area contributed by atoms with Crippen molar-refractivity contribution in [2.75, 3.05) is 6.61 Å². The number of hydrogen-bond acceptors (Lipinski definition) is 7. The summed E-state index contributed by atoms with van der Waals surface area (Å²) in [6, 6.07) is 3.60. The van der Waals surface area contributed by atoms with E-state index in [2.05, 4.69) is 32.6 Å². The van der Waals surface area contributed by atoms with Gasteiger partial charge in [-0.1, -0.05) is 77.5 Å². The van der Waals surface area contributed by atoms with Gasteiger partial charge in [0.2, 0.25) is 0 Å². The molecule has 3 saturated carbocycles. The molecular formula is C38H50O7. The SMILES string of the molecule is C=C(C)[C@H]1C[C@@H](C[C@]23C[C@@H](/C=C/C(C)C)C(C)(C)[C@](C/C=C(\C)CO)(C(=O)/C(=C(/O)c4ccc(O)c(O)c4)C2=O)C3=O)C1(C)C. The van der Waals surface area contributed by atoms with Gasteiger partial charge in [0.1, 0.15) is 16.7 Å². The first-order chi connectivity index (χ1) is 20.8. The molecule has 45 heavy (non-hydrogen) atoms. The Kier molecular flexibility index (Phi) is 8.97. The Balaban J connectivity index is 2.05. The summed E-state index contributed by atoms with van der Waals surface area (Å²) in [6.07, 6.45) is 6.98. The van der Waals surface area contributed by atoms with Crippen molar-refractivity contribution in [3.8, 4) is 11.5 Å². The zero-order chi connectivity index (χ0) is 33.9. The number of carbonyl (C=O) groups excluding carboxylic acids is 3. The zero-order valence-electron chi connectivity index (χ0n) is 28.0. The van der Waals surface area contributed by atoms with E-state index in [9.17, 15) is 30.0 Å². The first kappa shape index (κ1) is 34.4. The topological polar surface area (TPSA) is 132 Å². The Labute approximate surface area is 267 Å². The molecule has 3 aliphatic rings.